The van der Waals surface area contributed by atoms with Gasteiger partial charge in [-0.3, -0.25) is 0 Å². The molecule has 0 radical (unpaired) electrons. The molecule has 0 amide bonds. The molecule has 3 nitrogen and oxygen atoms in total. The highest BCUT2D eigenvalue weighted by Gasteiger charge is 2.41. The Hall–Kier alpha value is -0.590. The van der Waals surface area contributed by atoms with Crippen molar-refractivity contribution in [1.82, 2.24) is 5.32 Å². The van der Waals surface area contributed by atoms with Gasteiger partial charge in [0.1, 0.15) is 0 Å². The van der Waals surface area contributed by atoms with Gasteiger partial charge in [0.25, 0.3) is 0 Å². The lowest BCUT2D eigenvalue weighted by molar-refractivity contribution is -0.0127. The molecule has 13 heavy (non-hydrogen) atoms. The van der Waals surface area contributed by atoms with Crippen LogP contribution in [0.1, 0.15) is 38.5 Å². The minimum atomic E-state index is -0.549. The molecule has 2 bridgehead atoms. The summed E-state index contributed by atoms with van der Waals surface area (Å²) in [5, 5.41) is 22.2. The van der Waals surface area contributed by atoms with Gasteiger partial charge in [0.2, 0.25) is 0 Å². The first-order valence-electron chi connectivity index (χ1n) is 5.07. The van der Waals surface area contributed by atoms with Gasteiger partial charge in [-0.25, -0.2) is 0 Å². The summed E-state index contributed by atoms with van der Waals surface area (Å²) in [6.07, 6.45) is 5.20. The Morgan fingerprint density at radius 3 is 2.54 bits per heavy atom. The number of nitrogens with zero attached hydrogens (tertiary/aromatic N) is 1. The lowest BCUT2D eigenvalue weighted by Gasteiger charge is -2.36. The predicted molar refractivity (Wildman–Crippen MR) is 49.0 cm³/mol. The Bertz CT molecular complexity index is 222. The van der Waals surface area contributed by atoms with Crippen molar-refractivity contribution in [3.05, 3.63) is 0 Å². The van der Waals surface area contributed by atoms with E-state index in [1.54, 1.807) is 0 Å². The van der Waals surface area contributed by atoms with Crippen molar-refractivity contribution in [2.45, 2.75) is 56.2 Å². The zero-order chi connectivity index (χ0) is 9.31. The van der Waals surface area contributed by atoms with Gasteiger partial charge in [-0.2, -0.15) is 5.26 Å². The maximum atomic E-state index is 10.2. The maximum Gasteiger partial charge on any atom is 0.0687 e. The molecule has 3 heteroatoms. The van der Waals surface area contributed by atoms with Crippen molar-refractivity contribution in [3.8, 4) is 6.07 Å². The first-order chi connectivity index (χ1) is 6.22. The van der Waals surface area contributed by atoms with Crippen molar-refractivity contribution < 1.29 is 5.11 Å². The van der Waals surface area contributed by atoms with Crippen molar-refractivity contribution in [1.29, 1.82) is 5.26 Å². The number of hydrogen-bond donors (Lipinski definition) is 2. The summed E-state index contributed by atoms with van der Waals surface area (Å²) in [5.41, 5.74) is -0.549. The highest BCUT2D eigenvalue weighted by molar-refractivity contribution is 5.00. The molecule has 0 spiro atoms. The third-order valence-electron chi connectivity index (χ3n) is 3.29. The molecule has 0 aromatic carbocycles. The van der Waals surface area contributed by atoms with Gasteiger partial charge in [0.15, 0.2) is 0 Å². The Balaban J connectivity index is 1.96. The maximum absolute atomic E-state index is 10.2. The number of aliphatic hydroxyl groups is 1. The van der Waals surface area contributed by atoms with E-state index in [0.717, 1.165) is 12.8 Å². The van der Waals surface area contributed by atoms with Gasteiger partial charge >= 0.3 is 0 Å². The zero-order valence-electron chi connectivity index (χ0n) is 7.79. The Morgan fingerprint density at radius 1 is 1.38 bits per heavy atom. The highest BCUT2D eigenvalue weighted by Crippen LogP contribution is 2.36. The third kappa shape index (κ3) is 1.84. The van der Waals surface area contributed by atoms with Crippen LogP contribution in [0.25, 0.3) is 0 Å². The van der Waals surface area contributed by atoms with Crippen LogP contribution in [0.15, 0.2) is 0 Å². The van der Waals surface area contributed by atoms with E-state index in [9.17, 15) is 5.11 Å². The fourth-order valence-corrected chi connectivity index (χ4v) is 2.72. The lowest BCUT2D eigenvalue weighted by Crippen LogP contribution is -2.48. The van der Waals surface area contributed by atoms with Crippen molar-refractivity contribution in [3.63, 3.8) is 0 Å². The molecule has 0 aromatic rings. The molecule has 2 unspecified atom stereocenters. The minimum absolute atomic E-state index is 0.482. The molecule has 0 aromatic heterocycles. The summed E-state index contributed by atoms with van der Waals surface area (Å²) < 4.78 is 0. The van der Waals surface area contributed by atoms with Crippen LogP contribution in [0, 0.1) is 11.3 Å². The van der Waals surface area contributed by atoms with E-state index in [2.05, 4.69) is 11.4 Å². The quantitative estimate of drug-likeness (QED) is 0.665. The second-order valence-corrected chi connectivity index (χ2v) is 4.43. The summed E-state index contributed by atoms with van der Waals surface area (Å²) in [4.78, 5) is 0. The fraction of sp³-hybridized carbons (Fsp3) is 0.900. The summed E-state index contributed by atoms with van der Waals surface area (Å²) in [5.74, 6) is 0. The van der Waals surface area contributed by atoms with Crippen molar-refractivity contribution >= 4 is 0 Å². The zero-order valence-corrected chi connectivity index (χ0v) is 7.79. The van der Waals surface area contributed by atoms with Crippen molar-refractivity contribution in [2.24, 2.45) is 0 Å². The average molecular weight is 180 g/mol. The highest BCUT2D eigenvalue weighted by atomic mass is 16.3. The van der Waals surface area contributed by atoms with E-state index in [1.165, 1.54) is 12.8 Å². The summed E-state index contributed by atoms with van der Waals surface area (Å²) in [7, 11) is 0. The molecule has 2 atom stereocenters. The van der Waals surface area contributed by atoms with Crippen LogP contribution >= 0.6 is 0 Å². The third-order valence-corrected chi connectivity index (χ3v) is 3.29. The van der Waals surface area contributed by atoms with Gasteiger partial charge < -0.3 is 10.4 Å². The number of nitrogens with one attached hydrogen (secondary N) is 1. The van der Waals surface area contributed by atoms with Crippen LogP contribution in [0.2, 0.25) is 0 Å². The molecule has 0 saturated carbocycles. The summed E-state index contributed by atoms with van der Waals surface area (Å²) in [6.45, 7) is 0. The second-order valence-electron chi connectivity index (χ2n) is 4.43. The topological polar surface area (TPSA) is 56.0 Å². The van der Waals surface area contributed by atoms with E-state index < -0.39 is 5.60 Å². The predicted octanol–water partition coefficient (Wildman–Crippen LogP) is 0.936. The molecule has 2 heterocycles. The molecule has 2 N–H and O–H groups in total. The van der Waals surface area contributed by atoms with Crippen LogP contribution in [0.5, 0.6) is 0 Å². The van der Waals surface area contributed by atoms with Crippen molar-refractivity contribution in [2.75, 3.05) is 0 Å². The van der Waals surface area contributed by atoms with Crippen LogP contribution in [-0.4, -0.2) is 22.8 Å². The first-order valence-corrected chi connectivity index (χ1v) is 5.07. The molecule has 2 aliphatic heterocycles. The van der Waals surface area contributed by atoms with Gasteiger partial charge in [-0.1, -0.05) is 0 Å². The second kappa shape index (κ2) is 3.28. The number of hydrogen-bond acceptors (Lipinski definition) is 3. The van der Waals surface area contributed by atoms with Crippen LogP contribution in [0.4, 0.5) is 0 Å². The number of fused-ring (bicyclic) bond motifs is 2. The fourth-order valence-electron chi connectivity index (χ4n) is 2.72. The van der Waals surface area contributed by atoms with E-state index in [1.807, 2.05) is 0 Å². The van der Waals surface area contributed by atoms with E-state index in [0.29, 0.717) is 24.9 Å². The molecule has 0 aliphatic carbocycles. The summed E-state index contributed by atoms with van der Waals surface area (Å²) >= 11 is 0. The van der Waals surface area contributed by atoms with E-state index in [-0.39, 0.29) is 0 Å². The number of nitriles is 1. The Morgan fingerprint density at radius 2 is 2.00 bits per heavy atom. The van der Waals surface area contributed by atoms with Crippen LogP contribution < -0.4 is 5.32 Å². The van der Waals surface area contributed by atoms with Crippen LogP contribution in [-0.2, 0) is 0 Å². The normalized spacial score (nSPS) is 43.1. The van der Waals surface area contributed by atoms with Gasteiger partial charge in [0, 0.05) is 18.5 Å². The SMILES string of the molecule is N#CCCC1(O)CC2CCC(C1)N2. The van der Waals surface area contributed by atoms with Gasteiger partial charge in [-0.05, 0) is 32.1 Å². The Labute approximate surface area is 78.7 Å². The van der Waals surface area contributed by atoms with E-state index in [4.69, 9.17) is 5.26 Å². The van der Waals surface area contributed by atoms with Gasteiger partial charge in [-0.15, -0.1) is 0 Å². The average Bonchev–Trinajstić information content (AvgIpc) is 2.43. The standard InChI is InChI=1S/C10H16N2O/c11-5-1-4-10(13)6-8-2-3-9(7-10)12-8/h8-9,12-13H,1-4,6-7H2. The molecule has 2 aliphatic rings. The monoisotopic (exact) mass is 180 g/mol. The minimum Gasteiger partial charge on any atom is -0.390 e. The largest absolute Gasteiger partial charge is 0.390 e. The van der Waals surface area contributed by atoms with Gasteiger partial charge in [0.05, 0.1) is 11.7 Å². The smallest absolute Gasteiger partial charge is 0.0687 e. The van der Waals surface area contributed by atoms with Crippen LogP contribution in [0.3, 0.4) is 0 Å². The molecule has 2 saturated heterocycles. The molecular formula is C10H16N2O. The molecule has 2 rings (SSSR count). The first kappa shape index (κ1) is 8.98. The van der Waals surface area contributed by atoms with E-state index >= 15 is 0 Å². The lowest BCUT2D eigenvalue weighted by atomic mass is 9.84. The number of rotatable bonds is 2. The summed E-state index contributed by atoms with van der Waals surface area (Å²) in [6, 6.07) is 3.11. The number of piperidine rings is 1. The molecular weight excluding hydrogens is 164 g/mol. The molecule has 72 valence electrons. The molecule has 2 fully saturated rings. The Kier molecular flexibility index (Phi) is 2.27.